The molecule has 2 aromatic carbocycles. The average molecular weight is 351 g/mol. The molecule has 0 radical (unpaired) electrons. The van der Waals surface area contributed by atoms with E-state index in [1.54, 1.807) is 20.3 Å². The fourth-order valence-corrected chi connectivity index (χ4v) is 2.65. The molecule has 0 bridgehead atoms. The number of benzene rings is 2. The van der Waals surface area contributed by atoms with Gasteiger partial charge in [0.25, 0.3) is 5.91 Å². The number of aromatic nitrogens is 2. The molecular formula is C20H21N3O3. The number of aromatic amines is 1. The summed E-state index contributed by atoms with van der Waals surface area (Å²) in [5.41, 5.74) is 4.13. The van der Waals surface area contributed by atoms with E-state index in [2.05, 4.69) is 15.5 Å². The Kier molecular flexibility index (Phi) is 5.22. The van der Waals surface area contributed by atoms with Crippen LogP contribution < -0.4 is 14.8 Å². The van der Waals surface area contributed by atoms with Crippen molar-refractivity contribution in [2.45, 2.75) is 13.5 Å². The Bertz CT molecular complexity index is 901. The van der Waals surface area contributed by atoms with E-state index in [4.69, 9.17) is 9.47 Å². The Labute approximate surface area is 152 Å². The lowest BCUT2D eigenvalue weighted by Crippen LogP contribution is -2.22. The molecule has 0 unspecified atom stereocenters. The Balaban J connectivity index is 1.79. The van der Waals surface area contributed by atoms with Crippen LogP contribution in [0.2, 0.25) is 0 Å². The van der Waals surface area contributed by atoms with Gasteiger partial charge in [-0.1, -0.05) is 29.8 Å². The van der Waals surface area contributed by atoms with Crippen molar-refractivity contribution in [2.24, 2.45) is 0 Å². The maximum atomic E-state index is 12.6. The second kappa shape index (κ2) is 7.74. The fourth-order valence-electron chi connectivity index (χ4n) is 2.65. The van der Waals surface area contributed by atoms with E-state index < -0.39 is 0 Å². The van der Waals surface area contributed by atoms with Crippen molar-refractivity contribution in [1.82, 2.24) is 15.5 Å². The minimum Gasteiger partial charge on any atom is -0.493 e. The van der Waals surface area contributed by atoms with Crippen LogP contribution in [-0.4, -0.2) is 30.3 Å². The SMILES string of the molecule is COc1ccc(-c2[nH]ncc2C(=O)NCc2ccc(C)cc2)cc1OC. The molecule has 26 heavy (non-hydrogen) atoms. The maximum Gasteiger partial charge on any atom is 0.255 e. The van der Waals surface area contributed by atoms with E-state index in [1.165, 1.54) is 11.8 Å². The molecule has 0 saturated heterocycles. The minimum atomic E-state index is -0.191. The van der Waals surface area contributed by atoms with Gasteiger partial charge in [-0.3, -0.25) is 9.89 Å². The lowest BCUT2D eigenvalue weighted by molar-refractivity contribution is 0.0951. The molecule has 1 heterocycles. The van der Waals surface area contributed by atoms with E-state index in [0.717, 1.165) is 11.1 Å². The van der Waals surface area contributed by atoms with Crippen molar-refractivity contribution in [3.63, 3.8) is 0 Å². The Morgan fingerprint density at radius 2 is 1.81 bits per heavy atom. The summed E-state index contributed by atoms with van der Waals surface area (Å²) in [6.07, 6.45) is 1.52. The van der Waals surface area contributed by atoms with Gasteiger partial charge >= 0.3 is 0 Å². The van der Waals surface area contributed by atoms with Crippen molar-refractivity contribution in [3.8, 4) is 22.8 Å². The number of carbonyl (C=O) groups excluding carboxylic acids is 1. The Morgan fingerprint density at radius 3 is 2.50 bits per heavy atom. The maximum absolute atomic E-state index is 12.6. The summed E-state index contributed by atoms with van der Waals surface area (Å²) < 4.78 is 10.6. The molecular weight excluding hydrogens is 330 g/mol. The summed E-state index contributed by atoms with van der Waals surface area (Å²) in [6, 6.07) is 13.5. The second-order valence-electron chi connectivity index (χ2n) is 5.90. The number of carbonyl (C=O) groups is 1. The van der Waals surface area contributed by atoms with Crippen molar-refractivity contribution in [3.05, 3.63) is 65.4 Å². The number of rotatable bonds is 6. The van der Waals surface area contributed by atoms with Crippen LogP contribution in [-0.2, 0) is 6.54 Å². The highest BCUT2D eigenvalue weighted by molar-refractivity contribution is 5.99. The van der Waals surface area contributed by atoms with E-state index in [1.807, 2.05) is 43.3 Å². The minimum absolute atomic E-state index is 0.191. The zero-order valence-electron chi connectivity index (χ0n) is 15.0. The predicted octanol–water partition coefficient (Wildman–Crippen LogP) is 3.33. The molecule has 0 atom stereocenters. The smallest absolute Gasteiger partial charge is 0.255 e. The summed E-state index contributed by atoms with van der Waals surface area (Å²) in [5.74, 6) is 1.02. The summed E-state index contributed by atoms with van der Waals surface area (Å²) in [7, 11) is 3.15. The van der Waals surface area contributed by atoms with Gasteiger partial charge in [0.05, 0.1) is 31.7 Å². The normalized spacial score (nSPS) is 10.4. The van der Waals surface area contributed by atoms with Gasteiger partial charge in [-0.05, 0) is 30.7 Å². The van der Waals surface area contributed by atoms with Gasteiger partial charge < -0.3 is 14.8 Å². The molecule has 1 aromatic heterocycles. The molecule has 0 aliphatic heterocycles. The molecule has 3 rings (SSSR count). The number of H-pyrrole nitrogens is 1. The molecule has 2 N–H and O–H groups in total. The lowest BCUT2D eigenvalue weighted by atomic mass is 10.1. The quantitative estimate of drug-likeness (QED) is 0.714. The summed E-state index contributed by atoms with van der Waals surface area (Å²) >= 11 is 0. The van der Waals surface area contributed by atoms with Crippen LogP contribution in [0.5, 0.6) is 11.5 Å². The molecule has 0 fully saturated rings. The lowest BCUT2D eigenvalue weighted by Gasteiger charge is -2.10. The number of ether oxygens (including phenoxy) is 2. The number of nitrogens with one attached hydrogen (secondary N) is 2. The van der Waals surface area contributed by atoms with Crippen molar-refractivity contribution in [1.29, 1.82) is 0 Å². The highest BCUT2D eigenvalue weighted by atomic mass is 16.5. The number of amides is 1. The van der Waals surface area contributed by atoms with Crippen LogP contribution in [0.1, 0.15) is 21.5 Å². The molecule has 3 aromatic rings. The second-order valence-corrected chi connectivity index (χ2v) is 5.90. The number of hydrogen-bond acceptors (Lipinski definition) is 4. The van der Waals surface area contributed by atoms with Crippen LogP contribution in [0.4, 0.5) is 0 Å². The topological polar surface area (TPSA) is 76.2 Å². The summed E-state index contributed by atoms with van der Waals surface area (Å²) in [5, 5.41) is 9.84. The third-order valence-corrected chi connectivity index (χ3v) is 4.13. The van der Waals surface area contributed by atoms with Crippen LogP contribution in [0.15, 0.2) is 48.7 Å². The summed E-state index contributed by atoms with van der Waals surface area (Å²) in [6.45, 7) is 2.49. The molecule has 1 amide bonds. The van der Waals surface area contributed by atoms with Crippen LogP contribution >= 0.6 is 0 Å². The molecule has 6 nitrogen and oxygen atoms in total. The van der Waals surface area contributed by atoms with Gasteiger partial charge in [-0.25, -0.2) is 0 Å². The zero-order chi connectivity index (χ0) is 18.5. The highest BCUT2D eigenvalue weighted by Gasteiger charge is 2.16. The summed E-state index contributed by atoms with van der Waals surface area (Å²) in [4.78, 5) is 12.6. The van der Waals surface area contributed by atoms with Gasteiger partial charge in [-0.15, -0.1) is 0 Å². The first-order valence-corrected chi connectivity index (χ1v) is 8.22. The number of hydrogen-bond donors (Lipinski definition) is 2. The highest BCUT2D eigenvalue weighted by Crippen LogP contribution is 2.32. The third kappa shape index (κ3) is 3.69. The van der Waals surface area contributed by atoms with Gasteiger partial charge in [0, 0.05) is 12.1 Å². The third-order valence-electron chi connectivity index (χ3n) is 4.13. The van der Waals surface area contributed by atoms with Gasteiger partial charge in [-0.2, -0.15) is 5.10 Å². The molecule has 134 valence electrons. The van der Waals surface area contributed by atoms with Gasteiger partial charge in [0.15, 0.2) is 11.5 Å². The predicted molar refractivity (Wildman–Crippen MR) is 99.5 cm³/mol. The van der Waals surface area contributed by atoms with E-state index >= 15 is 0 Å². The first-order chi connectivity index (χ1) is 12.6. The van der Waals surface area contributed by atoms with Crippen molar-refractivity contribution in [2.75, 3.05) is 14.2 Å². The van der Waals surface area contributed by atoms with Crippen molar-refractivity contribution < 1.29 is 14.3 Å². The number of aryl methyl sites for hydroxylation is 1. The molecule has 6 heteroatoms. The Morgan fingerprint density at radius 1 is 1.08 bits per heavy atom. The first kappa shape index (κ1) is 17.5. The van der Waals surface area contributed by atoms with Gasteiger partial charge in [0.2, 0.25) is 0 Å². The van der Waals surface area contributed by atoms with E-state index in [9.17, 15) is 4.79 Å². The average Bonchev–Trinajstić information content (AvgIpc) is 3.16. The number of nitrogens with zero attached hydrogens (tertiary/aromatic N) is 1. The van der Waals surface area contributed by atoms with Crippen LogP contribution in [0.3, 0.4) is 0 Å². The van der Waals surface area contributed by atoms with Crippen LogP contribution in [0, 0.1) is 6.92 Å². The monoisotopic (exact) mass is 351 g/mol. The fraction of sp³-hybridized carbons (Fsp3) is 0.200. The van der Waals surface area contributed by atoms with E-state index in [-0.39, 0.29) is 5.91 Å². The molecule has 0 aliphatic carbocycles. The Hall–Kier alpha value is -3.28. The van der Waals surface area contributed by atoms with Crippen molar-refractivity contribution >= 4 is 5.91 Å². The largest absolute Gasteiger partial charge is 0.493 e. The first-order valence-electron chi connectivity index (χ1n) is 8.22. The number of methoxy groups -OCH3 is 2. The van der Waals surface area contributed by atoms with Crippen LogP contribution in [0.25, 0.3) is 11.3 Å². The molecule has 0 aliphatic rings. The molecule has 0 saturated carbocycles. The standard InChI is InChI=1S/C20H21N3O3/c1-13-4-6-14(7-5-13)11-21-20(24)16-12-22-23-19(16)15-8-9-17(25-2)18(10-15)26-3/h4-10,12H,11H2,1-3H3,(H,21,24)(H,22,23). The van der Waals surface area contributed by atoms with E-state index in [0.29, 0.717) is 29.3 Å². The zero-order valence-corrected chi connectivity index (χ0v) is 15.0. The molecule has 0 spiro atoms. The van der Waals surface area contributed by atoms with Gasteiger partial charge in [0.1, 0.15) is 0 Å².